The molecule has 1 amide bonds. The van der Waals surface area contributed by atoms with Gasteiger partial charge in [0.25, 0.3) is 0 Å². The number of hydrogen-bond donors (Lipinski definition) is 1. The second-order valence-electron chi connectivity index (χ2n) is 2.50. The van der Waals surface area contributed by atoms with Gasteiger partial charge in [0.2, 0.25) is 6.41 Å². The van der Waals surface area contributed by atoms with Crippen LogP contribution < -0.4 is 5.84 Å². The minimum atomic E-state index is 0.644. The van der Waals surface area contributed by atoms with Crippen LogP contribution in [0.1, 0.15) is 19.3 Å². The lowest BCUT2D eigenvalue weighted by Crippen LogP contribution is -2.48. The van der Waals surface area contributed by atoms with Gasteiger partial charge in [-0.05, 0) is 12.8 Å². The first-order valence-electron chi connectivity index (χ1n) is 3.58. The van der Waals surface area contributed by atoms with Gasteiger partial charge in [0.15, 0.2) is 0 Å². The van der Waals surface area contributed by atoms with Crippen LogP contribution in [0.3, 0.4) is 0 Å². The number of nitrogens with zero attached hydrogens (tertiary/aromatic N) is 2. The van der Waals surface area contributed by atoms with Crippen LogP contribution in [0, 0.1) is 0 Å². The van der Waals surface area contributed by atoms with Crippen molar-refractivity contribution in [1.82, 2.24) is 10.1 Å². The van der Waals surface area contributed by atoms with Gasteiger partial charge in [0, 0.05) is 13.1 Å². The van der Waals surface area contributed by atoms with Gasteiger partial charge in [-0.2, -0.15) is 0 Å². The molecule has 1 heterocycles. The smallest absolute Gasteiger partial charge is 0.238 e. The van der Waals surface area contributed by atoms with E-state index in [1.54, 1.807) is 0 Å². The summed E-state index contributed by atoms with van der Waals surface area (Å²) in [6, 6.07) is 0. The zero-order valence-corrected chi connectivity index (χ0v) is 5.99. The lowest BCUT2D eigenvalue weighted by atomic mass is 10.2. The fraction of sp³-hybridized carbons (Fsp3) is 0.833. The van der Waals surface area contributed by atoms with E-state index in [0.29, 0.717) is 6.41 Å². The Bertz CT molecular complexity index is 112. The van der Waals surface area contributed by atoms with Crippen molar-refractivity contribution in [1.29, 1.82) is 0 Å². The van der Waals surface area contributed by atoms with Crippen molar-refractivity contribution in [2.45, 2.75) is 19.3 Å². The molecule has 0 spiro atoms. The number of carbonyl (C=O) groups is 1. The summed E-state index contributed by atoms with van der Waals surface area (Å²) in [6.45, 7) is 1.82. The summed E-state index contributed by atoms with van der Waals surface area (Å²) in [5.41, 5.74) is 0. The van der Waals surface area contributed by atoms with Crippen LogP contribution in [-0.4, -0.2) is 29.6 Å². The summed E-state index contributed by atoms with van der Waals surface area (Å²) in [5.74, 6) is 5.34. The molecule has 0 aromatic carbocycles. The van der Waals surface area contributed by atoms with Crippen molar-refractivity contribution < 1.29 is 4.79 Å². The highest BCUT2D eigenvalue weighted by atomic mass is 16.2. The number of rotatable bonds is 2. The maximum Gasteiger partial charge on any atom is 0.238 e. The Morgan fingerprint density at radius 1 is 1.30 bits per heavy atom. The largest absolute Gasteiger partial charge is 0.276 e. The Morgan fingerprint density at radius 2 is 1.90 bits per heavy atom. The molecule has 0 atom stereocenters. The molecule has 0 unspecified atom stereocenters. The molecule has 10 heavy (non-hydrogen) atoms. The Morgan fingerprint density at radius 3 is 2.40 bits per heavy atom. The molecule has 2 N–H and O–H groups in total. The van der Waals surface area contributed by atoms with Gasteiger partial charge in [-0.25, -0.2) is 16.0 Å². The number of nitrogens with two attached hydrogens (primary N) is 1. The van der Waals surface area contributed by atoms with Crippen LogP contribution in [0.25, 0.3) is 0 Å². The van der Waals surface area contributed by atoms with Crippen LogP contribution in [0.15, 0.2) is 0 Å². The Hall–Kier alpha value is -0.610. The molecular formula is C6H13N3O. The Labute approximate surface area is 60.5 Å². The second kappa shape index (κ2) is 3.53. The highest BCUT2D eigenvalue weighted by Crippen LogP contribution is 2.07. The van der Waals surface area contributed by atoms with E-state index in [2.05, 4.69) is 0 Å². The molecule has 4 heteroatoms. The lowest BCUT2D eigenvalue weighted by Gasteiger charge is -2.30. The highest BCUT2D eigenvalue weighted by Gasteiger charge is 2.12. The van der Waals surface area contributed by atoms with Gasteiger partial charge in [0.1, 0.15) is 0 Å². The molecule has 0 aliphatic carbocycles. The van der Waals surface area contributed by atoms with E-state index in [1.165, 1.54) is 6.42 Å². The van der Waals surface area contributed by atoms with Crippen LogP contribution in [0.4, 0.5) is 0 Å². The quantitative estimate of drug-likeness (QED) is 0.250. The van der Waals surface area contributed by atoms with E-state index >= 15 is 0 Å². The topological polar surface area (TPSA) is 49.6 Å². The van der Waals surface area contributed by atoms with Crippen molar-refractivity contribution >= 4 is 6.41 Å². The first kappa shape index (κ1) is 7.50. The van der Waals surface area contributed by atoms with Gasteiger partial charge in [0.05, 0.1) is 0 Å². The Balaban J connectivity index is 2.30. The zero-order valence-electron chi connectivity index (χ0n) is 5.99. The normalized spacial score (nSPS) is 20.5. The maximum absolute atomic E-state index is 10.2. The standard InChI is InChI=1S/C6H13N3O/c7-9(6-10)8-4-2-1-3-5-8/h6H,1-5,7H2. The number of amides is 1. The van der Waals surface area contributed by atoms with Crippen molar-refractivity contribution in [3.63, 3.8) is 0 Å². The Kier molecular flexibility index (Phi) is 2.65. The number of carbonyl (C=O) groups excluding carboxylic acids is 1. The van der Waals surface area contributed by atoms with E-state index in [0.717, 1.165) is 31.0 Å². The minimum absolute atomic E-state index is 0.644. The SMILES string of the molecule is NN(C=O)N1CCCCC1. The van der Waals surface area contributed by atoms with Crippen molar-refractivity contribution in [2.24, 2.45) is 5.84 Å². The first-order valence-corrected chi connectivity index (χ1v) is 3.58. The molecule has 0 aromatic rings. The molecule has 1 fully saturated rings. The molecule has 4 nitrogen and oxygen atoms in total. The molecule has 1 saturated heterocycles. The second-order valence-corrected chi connectivity index (χ2v) is 2.50. The van der Waals surface area contributed by atoms with E-state index in [-0.39, 0.29) is 0 Å². The molecule has 0 aromatic heterocycles. The monoisotopic (exact) mass is 143 g/mol. The third-order valence-corrected chi connectivity index (χ3v) is 1.77. The van der Waals surface area contributed by atoms with Gasteiger partial charge in [-0.15, -0.1) is 0 Å². The van der Waals surface area contributed by atoms with Crippen molar-refractivity contribution in [3.05, 3.63) is 0 Å². The van der Waals surface area contributed by atoms with Crippen LogP contribution >= 0.6 is 0 Å². The van der Waals surface area contributed by atoms with E-state index in [4.69, 9.17) is 5.84 Å². The molecule has 0 radical (unpaired) electrons. The van der Waals surface area contributed by atoms with Gasteiger partial charge in [-0.1, -0.05) is 6.42 Å². The number of piperidine rings is 1. The summed E-state index contributed by atoms with van der Waals surface area (Å²) >= 11 is 0. The predicted octanol–water partition coefficient (Wildman–Crippen LogP) is -0.281. The third kappa shape index (κ3) is 1.68. The average Bonchev–Trinajstić information content (AvgIpc) is 2.05. The maximum atomic E-state index is 10.2. The highest BCUT2D eigenvalue weighted by molar-refractivity contribution is 5.44. The fourth-order valence-corrected chi connectivity index (χ4v) is 1.17. The zero-order chi connectivity index (χ0) is 7.40. The fourth-order valence-electron chi connectivity index (χ4n) is 1.17. The van der Waals surface area contributed by atoms with Gasteiger partial charge in [-0.3, -0.25) is 4.79 Å². The summed E-state index contributed by atoms with van der Waals surface area (Å²) in [6.07, 6.45) is 4.18. The average molecular weight is 143 g/mol. The molecular weight excluding hydrogens is 130 g/mol. The van der Waals surface area contributed by atoms with E-state index in [1.807, 2.05) is 5.01 Å². The molecule has 1 aliphatic rings. The van der Waals surface area contributed by atoms with Crippen molar-refractivity contribution in [3.8, 4) is 0 Å². The molecule has 0 bridgehead atoms. The number of hydrazine groups is 2. The van der Waals surface area contributed by atoms with Crippen molar-refractivity contribution in [2.75, 3.05) is 13.1 Å². The first-order chi connectivity index (χ1) is 4.84. The third-order valence-electron chi connectivity index (χ3n) is 1.77. The summed E-state index contributed by atoms with van der Waals surface area (Å²) in [4.78, 5) is 10.2. The van der Waals surface area contributed by atoms with E-state index < -0.39 is 0 Å². The summed E-state index contributed by atoms with van der Waals surface area (Å²) in [5, 5.41) is 3.00. The van der Waals surface area contributed by atoms with E-state index in [9.17, 15) is 4.79 Å². The molecule has 58 valence electrons. The van der Waals surface area contributed by atoms with Crippen LogP contribution in [-0.2, 0) is 4.79 Å². The van der Waals surface area contributed by atoms with Crippen LogP contribution in [0.5, 0.6) is 0 Å². The lowest BCUT2D eigenvalue weighted by molar-refractivity contribution is -0.136. The van der Waals surface area contributed by atoms with Gasteiger partial charge >= 0.3 is 0 Å². The van der Waals surface area contributed by atoms with Gasteiger partial charge < -0.3 is 0 Å². The minimum Gasteiger partial charge on any atom is -0.276 e. The number of hydrogen-bond acceptors (Lipinski definition) is 3. The predicted molar refractivity (Wildman–Crippen MR) is 37.5 cm³/mol. The molecule has 1 rings (SSSR count). The summed E-state index contributed by atoms with van der Waals surface area (Å²) in [7, 11) is 0. The van der Waals surface area contributed by atoms with Crippen LogP contribution in [0.2, 0.25) is 0 Å². The molecule has 1 aliphatic heterocycles. The summed E-state index contributed by atoms with van der Waals surface area (Å²) < 4.78 is 0. The molecule has 0 saturated carbocycles.